The van der Waals surface area contributed by atoms with Crippen LogP contribution in [0.2, 0.25) is 5.02 Å². The third-order valence-electron chi connectivity index (χ3n) is 4.43. The highest BCUT2D eigenvalue weighted by Gasteiger charge is 2.42. The van der Waals surface area contributed by atoms with E-state index in [0.29, 0.717) is 23.6 Å². The molecular formula is C16H20ClNO3. The van der Waals surface area contributed by atoms with Crippen LogP contribution < -0.4 is 4.74 Å². The molecule has 2 saturated heterocycles. The molecule has 0 saturated carbocycles. The van der Waals surface area contributed by atoms with E-state index in [4.69, 9.17) is 16.3 Å². The summed E-state index contributed by atoms with van der Waals surface area (Å²) >= 11 is 6.07. The molecule has 3 rings (SSSR count). The highest BCUT2D eigenvalue weighted by atomic mass is 35.5. The molecule has 1 amide bonds. The van der Waals surface area contributed by atoms with Crippen molar-refractivity contribution >= 4 is 17.5 Å². The summed E-state index contributed by atoms with van der Waals surface area (Å²) in [6.45, 7) is 1.96. The fourth-order valence-corrected chi connectivity index (χ4v) is 3.66. The number of piperidine rings is 1. The molecule has 2 fully saturated rings. The third kappa shape index (κ3) is 3.01. The third-order valence-corrected chi connectivity index (χ3v) is 4.75. The molecule has 2 aliphatic rings. The first-order valence-electron chi connectivity index (χ1n) is 7.43. The highest BCUT2D eigenvalue weighted by Crippen LogP contribution is 2.36. The average molecular weight is 310 g/mol. The van der Waals surface area contributed by atoms with Gasteiger partial charge >= 0.3 is 0 Å². The van der Waals surface area contributed by atoms with Gasteiger partial charge in [-0.2, -0.15) is 0 Å². The van der Waals surface area contributed by atoms with E-state index < -0.39 is 0 Å². The van der Waals surface area contributed by atoms with Crippen LogP contribution in [0.1, 0.15) is 31.2 Å². The normalized spacial score (nSPS) is 27.8. The van der Waals surface area contributed by atoms with E-state index in [-0.39, 0.29) is 30.7 Å². The zero-order valence-corrected chi connectivity index (χ0v) is 12.8. The molecule has 2 unspecified atom stereocenters. The molecule has 1 aromatic rings. The lowest BCUT2D eigenvalue weighted by Gasteiger charge is -2.37. The van der Waals surface area contributed by atoms with E-state index in [1.807, 2.05) is 24.0 Å². The Morgan fingerprint density at radius 1 is 1.38 bits per heavy atom. The SMILES string of the molecule is Cc1ccc(Cl)c(OCC(=O)N2C3CCC2CC(O)C3)c1. The van der Waals surface area contributed by atoms with Crippen LogP contribution in [-0.2, 0) is 4.79 Å². The molecule has 21 heavy (non-hydrogen) atoms. The molecule has 1 aromatic carbocycles. The maximum atomic E-state index is 12.4. The predicted molar refractivity (Wildman–Crippen MR) is 80.6 cm³/mol. The lowest BCUT2D eigenvalue weighted by Crippen LogP contribution is -2.49. The summed E-state index contributed by atoms with van der Waals surface area (Å²) in [6, 6.07) is 5.86. The topological polar surface area (TPSA) is 49.8 Å². The number of carbonyl (C=O) groups excluding carboxylic acids is 1. The fraction of sp³-hybridized carbons (Fsp3) is 0.562. The molecule has 0 radical (unpaired) electrons. The van der Waals surface area contributed by atoms with Gasteiger partial charge in [0.25, 0.3) is 5.91 Å². The number of aryl methyl sites for hydroxylation is 1. The van der Waals surface area contributed by atoms with Crippen molar-refractivity contribution in [1.82, 2.24) is 4.90 Å². The molecule has 0 aliphatic carbocycles. The summed E-state index contributed by atoms with van der Waals surface area (Å²) in [5, 5.41) is 10.3. The Morgan fingerprint density at radius 3 is 2.71 bits per heavy atom. The standard InChI is InChI=1S/C16H20ClNO3/c1-10-2-5-14(17)15(6-10)21-9-16(20)18-11-3-4-12(18)8-13(19)7-11/h2,5-6,11-13,19H,3-4,7-9H2,1H3. The van der Waals surface area contributed by atoms with Gasteiger partial charge in [-0.1, -0.05) is 17.7 Å². The van der Waals surface area contributed by atoms with E-state index in [1.165, 1.54) is 0 Å². The number of nitrogens with zero attached hydrogens (tertiary/aromatic N) is 1. The zero-order chi connectivity index (χ0) is 15.0. The summed E-state index contributed by atoms with van der Waals surface area (Å²) < 4.78 is 5.60. The van der Waals surface area contributed by atoms with Crippen LogP contribution in [0.25, 0.3) is 0 Å². The monoisotopic (exact) mass is 309 g/mol. The highest BCUT2D eigenvalue weighted by molar-refractivity contribution is 6.32. The first-order valence-corrected chi connectivity index (χ1v) is 7.80. The van der Waals surface area contributed by atoms with Crippen LogP contribution in [0.5, 0.6) is 5.75 Å². The van der Waals surface area contributed by atoms with Crippen molar-refractivity contribution in [3.8, 4) is 5.75 Å². The molecule has 2 aliphatic heterocycles. The number of ether oxygens (including phenoxy) is 1. The summed E-state index contributed by atoms with van der Waals surface area (Å²) in [6.07, 6.45) is 3.08. The molecule has 4 nitrogen and oxygen atoms in total. The van der Waals surface area contributed by atoms with Gasteiger partial charge in [-0.05, 0) is 50.3 Å². The molecule has 5 heteroatoms. The summed E-state index contributed by atoms with van der Waals surface area (Å²) in [5.74, 6) is 0.543. The van der Waals surface area contributed by atoms with Crippen molar-refractivity contribution in [3.63, 3.8) is 0 Å². The second-order valence-corrected chi connectivity index (χ2v) is 6.44. The summed E-state index contributed by atoms with van der Waals surface area (Å²) in [4.78, 5) is 14.3. The molecule has 2 bridgehead atoms. The first kappa shape index (κ1) is 14.7. The van der Waals surface area contributed by atoms with Crippen LogP contribution in [0.4, 0.5) is 0 Å². The fourth-order valence-electron chi connectivity index (χ4n) is 3.49. The quantitative estimate of drug-likeness (QED) is 0.933. The second-order valence-electron chi connectivity index (χ2n) is 6.03. The van der Waals surface area contributed by atoms with Gasteiger partial charge < -0.3 is 14.7 Å². The number of rotatable bonds is 3. The van der Waals surface area contributed by atoms with Gasteiger partial charge in [0.05, 0.1) is 11.1 Å². The van der Waals surface area contributed by atoms with E-state index in [9.17, 15) is 9.90 Å². The van der Waals surface area contributed by atoms with Gasteiger partial charge in [0, 0.05) is 12.1 Å². The number of fused-ring (bicyclic) bond motifs is 2. The largest absolute Gasteiger partial charge is 0.482 e. The Kier molecular flexibility index (Phi) is 4.09. The van der Waals surface area contributed by atoms with E-state index in [1.54, 1.807) is 6.07 Å². The lowest BCUT2D eigenvalue weighted by molar-refractivity contribution is -0.139. The van der Waals surface area contributed by atoms with Crippen molar-refractivity contribution in [3.05, 3.63) is 28.8 Å². The van der Waals surface area contributed by atoms with Gasteiger partial charge in [0.2, 0.25) is 0 Å². The van der Waals surface area contributed by atoms with Crippen molar-refractivity contribution in [2.75, 3.05) is 6.61 Å². The minimum absolute atomic E-state index is 0.00622. The van der Waals surface area contributed by atoms with Gasteiger partial charge in [-0.25, -0.2) is 0 Å². The Balaban J connectivity index is 1.63. The van der Waals surface area contributed by atoms with Crippen molar-refractivity contribution < 1.29 is 14.6 Å². The molecule has 2 heterocycles. The van der Waals surface area contributed by atoms with Crippen LogP contribution in [0.15, 0.2) is 18.2 Å². The van der Waals surface area contributed by atoms with Crippen LogP contribution in [-0.4, -0.2) is 40.7 Å². The molecular weight excluding hydrogens is 290 g/mol. The maximum absolute atomic E-state index is 12.4. The number of amides is 1. The first-order chi connectivity index (χ1) is 10.0. The summed E-state index contributed by atoms with van der Waals surface area (Å²) in [7, 11) is 0. The molecule has 0 aromatic heterocycles. The Labute approximate surface area is 129 Å². The van der Waals surface area contributed by atoms with Gasteiger partial charge in [0.1, 0.15) is 5.75 Å². The van der Waals surface area contributed by atoms with E-state index >= 15 is 0 Å². The number of carbonyl (C=O) groups is 1. The zero-order valence-electron chi connectivity index (χ0n) is 12.1. The number of aliphatic hydroxyl groups is 1. The Morgan fingerprint density at radius 2 is 2.05 bits per heavy atom. The second kappa shape index (κ2) is 5.85. The average Bonchev–Trinajstić information content (AvgIpc) is 2.72. The molecule has 2 atom stereocenters. The summed E-state index contributed by atoms with van der Waals surface area (Å²) in [5.41, 5.74) is 1.04. The van der Waals surface area contributed by atoms with Gasteiger partial charge in [0.15, 0.2) is 6.61 Å². The minimum atomic E-state index is -0.265. The molecule has 0 spiro atoms. The maximum Gasteiger partial charge on any atom is 0.261 e. The minimum Gasteiger partial charge on any atom is -0.482 e. The number of hydrogen-bond donors (Lipinski definition) is 1. The van der Waals surface area contributed by atoms with Crippen LogP contribution in [0.3, 0.4) is 0 Å². The predicted octanol–water partition coefficient (Wildman–Crippen LogP) is 2.54. The van der Waals surface area contributed by atoms with Crippen molar-refractivity contribution in [2.45, 2.75) is 50.8 Å². The van der Waals surface area contributed by atoms with Crippen LogP contribution >= 0.6 is 11.6 Å². The number of hydrogen-bond acceptors (Lipinski definition) is 3. The Bertz CT molecular complexity index is 534. The smallest absolute Gasteiger partial charge is 0.261 e. The number of benzene rings is 1. The van der Waals surface area contributed by atoms with Crippen LogP contribution in [0, 0.1) is 6.92 Å². The Hall–Kier alpha value is -1.26. The lowest BCUT2D eigenvalue weighted by atomic mass is 10.00. The van der Waals surface area contributed by atoms with E-state index in [0.717, 1.165) is 18.4 Å². The number of aliphatic hydroxyl groups excluding tert-OH is 1. The van der Waals surface area contributed by atoms with Crippen molar-refractivity contribution in [2.24, 2.45) is 0 Å². The van der Waals surface area contributed by atoms with Crippen molar-refractivity contribution in [1.29, 1.82) is 0 Å². The van der Waals surface area contributed by atoms with Gasteiger partial charge in [-0.3, -0.25) is 4.79 Å². The molecule has 114 valence electrons. The van der Waals surface area contributed by atoms with Gasteiger partial charge in [-0.15, -0.1) is 0 Å². The molecule has 1 N–H and O–H groups in total. The number of halogens is 1. The van der Waals surface area contributed by atoms with E-state index in [2.05, 4.69) is 0 Å².